The van der Waals surface area contributed by atoms with E-state index in [9.17, 15) is 8.78 Å². The molecule has 0 saturated heterocycles. The van der Waals surface area contributed by atoms with Gasteiger partial charge < -0.3 is 0 Å². The van der Waals surface area contributed by atoms with Crippen molar-refractivity contribution in [2.24, 2.45) is 0 Å². The second kappa shape index (κ2) is 3.49. The Kier molecular flexibility index (Phi) is 2.18. The van der Waals surface area contributed by atoms with Crippen LogP contribution in [0.5, 0.6) is 0 Å². The highest BCUT2D eigenvalue weighted by Crippen LogP contribution is 2.23. The first-order chi connectivity index (χ1) is 6.79. The summed E-state index contributed by atoms with van der Waals surface area (Å²) in [6.45, 7) is 0. The number of halogens is 2. The number of rotatable bonds is 1. The van der Waals surface area contributed by atoms with Crippen LogP contribution in [0.1, 0.15) is 0 Å². The van der Waals surface area contributed by atoms with E-state index in [1.165, 1.54) is 12.4 Å². The summed E-state index contributed by atoms with van der Waals surface area (Å²) in [7, 11) is 0. The number of pyridine rings is 2. The molecule has 0 aliphatic carbocycles. The molecule has 0 fully saturated rings. The van der Waals surface area contributed by atoms with Crippen LogP contribution in [0.3, 0.4) is 0 Å². The Balaban J connectivity index is 2.63. The topological polar surface area (TPSA) is 25.8 Å². The first-order valence-electron chi connectivity index (χ1n) is 3.98. The van der Waals surface area contributed by atoms with Crippen molar-refractivity contribution in [1.29, 1.82) is 0 Å². The first-order valence-corrected chi connectivity index (χ1v) is 3.98. The summed E-state index contributed by atoms with van der Waals surface area (Å²) >= 11 is 0. The predicted molar refractivity (Wildman–Crippen MR) is 47.4 cm³/mol. The third-order valence-electron chi connectivity index (χ3n) is 1.82. The number of hydrogen-bond donors (Lipinski definition) is 0. The Morgan fingerprint density at radius 3 is 2.00 bits per heavy atom. The molecular formula is C10H6F2N2. The number of hydrogen-bond acceptors (Lipinski definition) is 2. The van der Waals surface area contributed by atoms with Gasteiger partial charge in [-0.25, -0.2) is 8.78 Å². The Morgan fingerprint density at radius 2 is 1.43 bits per heavy atom. The minimum absolute atomic E-state index is 0.0672. The quantitative estimate of drug-likeness (QED) is 0.693. The molecule has 0 radical (unpaired) electrons. The molecule has 0 spiro atoms. The van der Waals surface area contributed by atoms with Gasteiger partial charge in [-0.3, -0.25) is 9.97 Å². The summed E-state index contributed by atoms with van der Waals surface area (Å²) in [6.07, 6.45) is 4.93. The van der Waals surface area contributed by atoms with E-state index >= 15 is 0 Å². The largest absolute Gasteiger partial charge is 0.265 e. The lowest BCUT2D eigenvalue weighted by atomic mass is 10.1. The second-order valence-electron chi connectivity index (χ2n) is 2.71. The average molecular weight is 192 g/mol. The zero-order valence-corrected chi connectivity index (χ0v) is 7.11. The molecule has 0 aliphatic rings. The molecule has 4 heteroatoms. The second-order valence-corrected chi connectivity index (χ2v) is 2.71. The Bertz CT molecular complexity index is 423. The molecule has 2 heterocycles. The van der Waals surface area contributed by atoms with Crippen molar-refractivity contribution in [3.05, 3.63) is 48.6 Å². The zero-order valence-electron chi connectivity index (χ0n) is 7.11. The molecular weight excluding hydrogens is 186 g/mol. The summed E-state index contributed by atoms with van der Waals surface area (Å²) in [5.74, 6) is -1.34. The molecule has 14 heavy (non-hydrogen) atoms. The molecule has 2 aromatic rings. The van der Waals surface area contributed by atoms with Gasteiger partial charge in [0.05, 0.1) is 18.0 Å². The van der Waals surface area contributed by atoms with Gasteiger partial charge in [0.1, 0.15) is 0 Å². The Hall–Kier alpha value is -1.84. The van der Waals surface area contributed by atoms with Crippen LogP contribution in [0.2, 0.25) is 0 Å². The molecule has 0 N–H and O–H groups in total. The molecule has 0 unspecified atom stereocenters. The lowest BCUT2D eigenvalue weighted by Gasteiger charge is -2.02. The summed E-state index contributed by atoms with van der Waals surface area (Å²) in [4.78, 5) is 7.17. The van der Waals surface area contributed by atoms with E-state index in [0.29, 0.717) is 5.56 Å². The fourth-order valence-electron chi connectivity index (χ4n) is 1.21. The van der Waals surface area contributed by atoms with Gasteiger partial charge in [-0.1, -0.05) is 0 Å². The van der Waals surface area contributed by atoms with Crippen LogP contribution >= 0.6 is 0 Å². The van der Waals surface area contributed by atoms with Gasteiger partial charge in [0.25, 0.3) is 0 Å². The molecule has 0 saturated carbocycles. The van der Waals surface area contributed by atoms with Crippen molar-refractivity contribution in [1.82, 2.24) is 9.97 Å². The van der Waals surface area contributed by atoms with Crippen molar-refractivity contribution >= 4 is 0 Å². The van der Waals surface area contributed by atoms with Crippen LogP contribution in [-0.4, -0.2) is 9.97 Å². The highest BCUT2D eigenvalue weighted by Gasteiger charge is 2.10. The minimum atomic E-state index is -0.670. The monoisotopic (exact) mass is 192 g/mol. The molecule has 0 aromatic carbocycles. The van der Waals surface area contributed by atoms with Crippen molar-refractivity contribution in [3.8, 4) is 11.1 Å². The van der Waals surface area contributed by atoms with E-state index in [1.54, 1.807) is 12.1 Å². The van der Waals surface area contributed by atoms with Crippen molar-refractivity contribution in [2.45, 2.75) is 0 Å². The van der Waals surface area contributed by atoms with Crippen LogP contribution in [0, 0.1) is 11.6 Å². The van der Waals surface area contributed by atoms with E-state index in [4.69, 9.17) is 0 Å². The van der Waals surface area contributed by atoms with Gasteiger partial charge in [-0.15, -0.1) is 0 Å². The van der Waals surface area contributed by atoms with Gasteiger partial charge in [-0.2, -0.15) is 0 Å². The first kappa shape index (κ1) is 8.74. The lowest BCUT2D eigenvalue weighted by molar-refractivity contribution is 0.579. The third kappa shape index (κ3) is 1.46. The van der Waals surface area contributed by atoms with Crippen molar-refractivity contribution in [2.75, 3.05) is 0 Å². The maximum Gasteiger partial charge on any atom is 0.152 e. The summed E-state index contributed by atoms with van der Waals surface area (Å²) in [5, 5.41) is 0. The normalized spacial score (nSPS) is 10.1. The highest BCUT2D eigenvalue weighted by molar-refractivity contribution is 5.63. The zero-order chi connectivity index (χ0) is 9.97. The van der Waals surface area contributed by atoms with Crippen LogP contribution in [0.15, 0.2) is 36.9 Å². The average Bonchev–Trinajstić information content (AvgIpc) is 2.19. The molecule has 70 valence electrons. The molecule has 0 amide bonds. The molecule has 2 aromatic heterocycles. The van der Waals surface area contributed by atoms with Gasteiger partial charge in [-0.05, 0) is 17.7 Å². The summed E-state index contributed by atoms with van der Waals surface area (Å²) in [5.41, 5.74) is 0.389. The smallest absolute Gasteiger partial charge is 0.152 e. The summed E-state index contributed by atoms with van der Waals surface area (Å²) in [6, 6.07) is 3.09. The van der Waals surface area contributed by atoms with Crippen molar-refractivity contribution in [3.63, 3.8) is 0 Å². The van der Waals surface area contributed by atoms with Crippen LogP contribution in [0.4, 0.5) is 8.78 Å². The summed E-state index contributed by atoms with van der Waals surface area (Å²) < 4.78 is 26.4. The number of aromatic nitrogens is 2. The van der Waals surface area contributed by atoms with E-state index in [-0.39, 0.29) is 5.56 Å². The molecule has 2 rings (SSSR count). The molecule has 0 bridgehead atoms. The molecule has 0 atom stereocenters. The Morgan fingerprint density at radius 1 is 0.857 bits per heavy atom. The highest BCUT2D eigenvalue weighted by atomic mass is 19.1. The van der Waals surface area contributed by atoms with E-state index in [1.807, 2.05) is 0 Å². The van der Waals surface area contributed by atoms with Gasteiger partial charge in [0.2, 0.25) is 0 Å². The van der Waals surface area contributed by atoms with E-state index in [0.717, 1.165) is 12.4 Å². The van der Waals surface area contributed by atoms with Gasteiger partial charge >= 0.3 is 0 Å². The Labute approximate surface area is 79.3 Å². The van der Waals surface area contributed by atoms with Gasteiger partial charge in [0, 0.05) is 12.4 Å². The standard InChI is InChI=1S/C10H6F2N2/c11-8-5-14-6-9(12)10(8)7-1-3-13-4-2-7/h1-6H. The van der Waals surface area contributed by atoms with Crippen LogP contribution < -0.4 is 0 Å². The maximum absolute atomic E-state index is 13.2. The van der Waals surface area contributed by atoms with E-state index in [2.05, 4.69) is 9.97 Å². The fourth-order valence-corrected chi connectivity index (χ4v) is 1.21. The number of nitrogens with zero attached hydrogens (tertiary/aromatic N) is 2. The van der Waals surface area contributed by atoms with Crippen LogP contribution in [0.25, 0.3) is 11.1 Å². The third-order valence-corrected chi connectivity index (χ3v) is 1.82. The van der Waals surface area contributed by atoms with E-state index < -0.39 is 11.6 Å². The maximum atomic E-state index is 13.2. The molecule has 0 aliphatic heterocycles. The van der Waals surface area contributed by atoms with Gasteiger partial charge in [0.15, 0.2) is 11.6 Å². The molecule has 2 nitrogen and oxygen atoms in total. The van der Waals surface area contributed by atoms with Crippen LogP contribution in [-0.2, 0) is 0 Å². The fraction of sp³-hybridized carbons (Fsp3) is 0. The lowest BCUT2D eigenvalue weighted by Crippen LogP contribution is -1.91. The minimum Gasteiger partial charge on any atom is -0.265 e. The predicted octanol–water partition coefficient (Wildman–Crippen LogP) is 2.42. The van der Waals surface area contributed by atoms with Crippen molar-refractivity contribution < 1.29 is 8.78 Å². The SMILES string of the molecule is Fc1cncc(F)c1-c1ccncc1.